The first kappa shape index (κ1) is 24.7. The van der Waals surface area contributed by atoms with Gasteiger partial charge in [0.2, 0.25) is 5.75 Å². The first-order valence-corrected chi connectivity index (χ1v) is 12.6. The highest BCUT2D eigenvalue weighted by Crippen LogP contribution is 2.41. The van der Waals surface area contributed by atoms with Crippen LogP contribution in [0, 0.1) is 13.8 Å². The summed E-state index contributed by atoms with van der Waals surface area (Å²) in [5.74, 6) is 1.60. The molecule has 1 saturated carbocycles. The fraction of sp³-hybridized carbons (Fsp3) is 0.440. The summed E-state index contributed by atoms with van der Waals surface area (Å²) < 4.78 is 17.0. The van der Waals surface area contributed by atoms with Crippen LogP contribution in [-0.2, 0) is 0 Å². The number of hydrogen-bond acceptors (Lipinski definition) is 8. The maximum absolute atomic E-state index is 13.0. The van der Waals surface area contributed by atoms with E-state index in [0.717, 1.165) is 40.1 Å². The van der Waals surface area contributed by atoms with E-state index in [2.05, 4.69) is 20.8 Å². The third-order valence-corrected chi connectivity index (χ3v) is 6.78. The molecule has 0 spiro atoms. The summed E-state index contributed by atoms with van der Waals surface area (Å²) >= 11 is 1.31. The maximum atomic E-state index is 13.0. The van der Waals surface area contributed by atoms with Gasteiger partial charge in [-0.1, -0.05) is 0 Å². The van der Waals surface area contributed by atoms with Crippen molar-refractivity contribution < 1.29 is 23.8 Å². The normalized spacial score (nSPS) is 12.9. The number of fused-ring (bicyclic) bond motifs is 1. The minimum absolute atomic E-state index is 0.268. The molecule has 10 heteroatoms. The van der Waals surface area contributed by atoms with Crippen molar-refractivity contribution in [1.29, 1.82) is 0 Å². The number of thiophene rings is 1. The predicted octanol–water partition coefficient (Wildman–Crippen LogP) is 4.46. The number of amides is 2. The Kier molecular flexibility index (Phi) is 7.39. The van der Waals surface area contributed by atoms with Gasteiger partial charge in [0.15, 0.2) is 11.5 Å². The van der Waals surface area contributed by atoms with Crippen LogP contribution in [0.4, 0.5) is 0 Å². The zero-order chi connectivity index (χ0) is 25.1. The number of carbonyl (C=O) groups excluding carboxylic acids is 2. The molecule has 2 amide bonds. The number of carbonyl (C=O) groups is 2. The summed E-state index contributed by atoms with van der Waals surface area (Å²) in [5.41, 5.74) is 6.95. The fourth-order valence-electron chi connectivity index (χ4n) is 3.86. The summed E-state index contributed by atoms with van der Waals surface area (Å²) in [6.07, 6.45) is 2.21. The molecule has 0 atom stereocenters. The summed E-state index contributed by atoms with van der Waals surface area (Å²) in [6.45, 7) is 10.6. The van der Waals surface area contributed by atoms with Gasteiger partial charge in [0.25, 0.3) is 11.8 Å². The molecule has 35 heavy (non-hydrogen) atoms. The second kappa shape index (κ2) is 10.5. The highest BCUT2D eigenvalue weighted by atomic mass is 32.1. The average molecular weight is 499 g/mol. The highest BCUT2D eigenvalue weighted by molar-refractivity contribution is 7.20. The lowest BCUT2D eigenvalue weighted by Crippen LogP contribution is -2.41. The van der Waals surface area contributed by atoms with E-state index in [0.29, 0.717) is 47.9 Å². The Hall–Kier alpha value is -3.40. The summed E-state index contributed by atoms with van der Waals surface area (Å²) in [7, 11) is 0. The SMILES string of the molecule is CCOc1cc(C(=O)NNC(=O)c2sc3nc(C4CC4)nc(C)c3c2C)cc(OCC)c1OCC. The van der Waals surface area contributed by atoms with Crippen LogP contribution >= 0.6 is 11.3 Å². The van der Waals surface area contributed by atoms with Crippen LogP contribution in [0.25, 0.3) is 10.2 Å². The third-order valence-electron chi connectivity index (χ3n) is 5.60. The van der Waals surface area contributed by atoms with Gasteiger partial charge in [0.1, 0.15) is 10.7 Å². The van der Waals surface area contributed by atoms with Crippen molar-refractivity contribution in [1.82, 2.24) is 20.8 Å². The minimum Gasteiger partial charge on any atom is -0.490 e. The molecule has 1 fully saturated rings. The highest BCUT2D eigenvalue weighted by Gasteiger charge is 2.28. The van der Waals surface area contributed by atoms with Crippen LogP contribution in [0.1, 0.15) is 76.6 Å². The lowest BCUT2D eigenvalue weighted by Gasteiger charge is -2.17. The van der Waals surface area contributed by atoms with Crippen molar-refractivity contribution in [2.75, 3.05) is 19.8 Å². The van der Waals surface area contributed by atoms with Crippen molar-refractivity contribution in [3.63, 3.8) is 0 Å². The Balaban J connectivity index is 1.54. The van der Waals surface area contributed by atoms with E-state index in [1.807, 2.05) is 34.6 Å². The lowest BCUT2D eigenvalue weighted by molar-refractivity contribution is 0.0848. The first-order chi connectivity index (χ1) is 16.9. The van der Waals surface area contributed by atoms with Crippen LogP contribution in [0.5, 0.6) is 17.2 Å². The molecule has 0 bridgehead atoms. The zero-order valence-corrected chi connectivity index (χ0v) is 21.4. The number of aromatic nitrogens is 2. The zero-order valence-electron chi connectivity index (χ0n) is 20.6. The molecule has 186 valence electrons. The Morgan fingerprint density at radius 3 is 2.11 bits per heavy atom. The van der Waals surface area contributed by atoms with E-state index < -0.39 is 11.8 Å². The number of ether oxygens (including phenoxy) is 3. The molecule has 1 aliphatic carbocycles. The molecule has 3 aromatic rings. The summed E-state index contributed by atoms with van der Waals surface area (Å²) in [6, 6.07) is 3.14. The van der Waals surface area contributed by atoms with Crippen LogP contribution in [0.15, 0.2) is 12.1 Å². The van der Waals surface area contributed by atoms with Crippen molar-refractivity contribution in [2.24, 2.45) is 0 Å². The third kappa shape index (κ3) is 5.17. The number of benzene rings is 1. The smallest absolute Gasteiger partial charge is 0.280 e. The van der Waals surface area contributed by atoms with Crippen LogP contribution < -0.4 is 25.1 Å². The van der Waals surface area contributed by atoms with Gasteiger partial charge in [0.05, 0.1) is 30.4 Å². The van der Waals surface area contributed by atoms with E-state index >= 15 is 0 Å². The molecule has 2 N–H and O–H groups in total. The molecular formula is C25H30N4O5S. The number of nitrogens with zero attached hydrogens (tertiary/aromatic N) is 2. The maximum Gasteiger partial charge on any atom is 0.280 e. The van der Waals surface area contributed by atoms with Gasteiger partial charge in [-0.3, -0.25) is 20.4 Å². The molecule has 9 nitrogen and oxygen atoms in total. The molecule has 1 aromatic carbocycles. The predicted molar refractivity (Wildman–Crippen MR) is 134 cm³/mol. The van der Waals surface area contributed by atoms with Crippen LogP contribution in [-0.4, -0.2) is 41.6 Å². The van der Waals surface area contributed by atoms with Crippen molar-refractivity contribution in [3.05, 3.63) is 39.7 Å². The number of aryl methyl sites for hydroxylation is 2. The van der Waals surface area contributed by atoms with Gasteiger partial charge in [0, 0.05) is 16.9 Å². The van der Waals surface area contributed by atoms with Gasteiger partial charge < -0.3 is 14.2 Å². The largest absolute Gasteiger partial charge is 0.490 e. The molecule has 4 rings (SSSR count). The second-order valence-electron chi connectivity index (χ2n) is 8.19. The molecule has 0 radical (unpaired) electrons. The second-order valence-corrected chi connectivity index (χ2v) is 9.19. The van der Waals surface area contributed by atoms with E-state index in [1.165, 1.54) is 11.3 Å². The van der Waals surface area contributed by atoms with Gasteiger partial charge >= 0.3 is 0 Å². The average Bonchev–Trinajstić information content (AvgIpc) is 3.62. The topological polar surface area (TPSA) is 112 Å². The molecule has 2 aromatic heterocycles. The van der Waals surface area contributed by atoms with E-state index in [9.17, 15) is 9.59 Å². The Labute approximate surface area is 208 Å². The molecule has 0 unspecified atom stereocenters. The van der Waals surface area contributed by atoms with E-state index in [-0.39, 0.29) is 5.56 Å². The summed E-state index contributed by atoms with van der Waals surface area (Å²) in [4.78, 5) is 36.5. The molecular weight excluding hydrogens is 468 g/mol. The molecule has 2 heterocycles. The Morgan fingerprint density at radius 1 is 0.943 bits per heavy atom. The fourth-order valence-corrected chi connectivity index (χ4v) is 5.00. The number of hydrazine groups is 1. The van der Waals surface area contributed by atoms with Crippen molar-refractivity contribution >= 4 is 33.4 Å². The monoisotopic (exact) mass is 498 g/mol. The lowest BCUT2D eigenvalue weighted by atomic mass is 10.1. The molecule has 0 aliphatic heterocycles. The Bertz CT molecular complexity index is 1240. The van der Waals surface area contributed by atoms with Gasteiger partial charge in [-0.2, -0.15) is 0 Å². The van der Waals surface area contributed by atoms with E-state index in [4.69, 9.17) is 14.2 Å². The summed E-state index contributed by atoms with van der Waals surface area (Å²) in [5, 5.41) is 0.894. The number of nitrogens with one attached hydrogen (secondary N) is 2. The quantitative estimate of drug-likeness (QED) is 0.419. The van der Waals surface area contributed by atoms with Crippen LogP contribution in [0.2, 0.25) is 0 Å². The van der Waals surface area contributed by atoms with E-state index in [1.54, 1.807) is 12.1 Å². The first-order valence-electron chi connectivity index (χ1n) is 11.8. The van der Waals surface area contributed by atoms with Crippen molar-refractivity contribution in [3.8, 4) is 17.2 Å². The van der Waals surface area contributed by atoms with Crippen molar-refractivity contribution in [2.45, 2.75) is 53.4 Å². The molecule has 0 saturated heterocycles. The van der Waals surface area contributed by atoms with Gasteiger partial charge in [-0.15, -0.1) is 11.3 Å². The number of hydrogen-bond donors (Lipinski definition) is 2. The van der Waals surface area contributed by atoms with Gasteiger partial charge in [-0.25, -0.2) is 9.97 Å². The Morgan fingerprint density at radius 2 is 1.54 bits per heavy atom. The number of rotatable bonds is 9. The molecule has 1 aliphatic rings. The standard InChI is InChI=1S/C25H30N4O5S/c1-6-32-17-11-16(12-18(33-7-2)20(17)34-8-3)23(30)28-29-24(31)21-13(4)19-14(5)26-22(15-9-10-15)27-25(19)35-21/h11-12,15H,6-10H2,1-5H3,(H,28,30)(H,29,31). The van der Waals surface area contributed by atoms with Gasteiger partial charge in [-0.05, 0) is 65.2 Å². The van der Waals surface area contributed by atoms with Crippen LogP contribution in [0.3, 0.4) is 0 Å². The minimum atomic E-state index is -0.505.